The van der Waals surface area contributed by atoms with Crippen LogP contribution in [0.4, 0.5) is 29.2 Å². The predicted octanol–water partition coefficient (Wildman–Crippen LogP) is 7.38. The Labute approximate surface area is 449 Å². The molecule has 18 nitrogen and oxygen atoms in total. The van der Waals surface area contributed by atoms with E-state index in [-0.39, 0.29) is 70.8 Å². The first kappa shape index (κ1) is 55.4. The maximum atomic E-state index is 13.4. The van der Waals surface area contributed by atoms with E-state index < -0.39 is 41.7 Å². The highest BCUT2D eigenvalue weighted by Gasteiger charge is 2.55. The molecule has 0 atom stereocenters. The number of carbonyl (C=O) groups excluding carboxylic acids is 2. The number of nitrogens with one attached hydrogen (secondary N) is 2. The fraction of sp³-hybridized carbons (Fsp3) is 0.370. The van der Waals surface area contributed by atoms with Gasteiger partial charge in [0.25, 0.3) is 5.56 Å². The molecule has 0 unspecified atom stereocenters. The normalized spacial score (nSPS) is 18.4. The van der Waals surface area contributed by atoms with Crippen LogP contribution < -0.4 is 46.2 Å². The molecule has 410 valence electrons. The molecule has 1 saturated heterocycles. The summed E-state index contributed by atoms with van der Waals surface area (Å²) in [4.78, 5) is 58.6. The molecule has 3 aliphatic heterocycles. The lowest BCUT2D eigenvalue weighted by Crippen LogP contribution is -2.41. The summed E-state index contributed by atoms with van der Waals surface area (Å²) >= 11 is 5.91. The molecule has 0 bridgehead atoms. The van der Waals surface area contributed by atoms with Crippen LogP contribution in [-0.2, 0) is 42.8 Å². The Morgan fingerprint density at radius 1 is 0.615 bits per heavy atom. The van der Waals surface area contributed by atoms with Gasteiger partial charge in [0, 0.05) is 43.2 Å². The van der Waals surface area contributed by atoms with Crippen LogP contribution in [-0.4, -0.2) is 85.3 Å². The van der Waals surface area contributed by atoms with Crippen LogP contribution in [0.2, 0.25) is 5.15 Å². The second kappa shape index (κ2) is 20.8. The molecule has 11 rings (SSSR count). The van der Waals surface area contributed by atoms with Crippen molar-refractivity contribution in [3.63, 3.8) is 0 Å². The largest absolute Gasteiger partial charge is 0.586 e. The van der Waals surface area contributed by atoms with Crippen molar-refractivity contribution in [1.29, 1.82) is 0 Å². The lowest BCUT2D eigenvalue weighted by Gasteiger charge is -2.32. The van der Waals surface area contributed by atoms with Gasteiger partial charge in [-0.3, -0.25) is 19.2 Å². The van der Waals surface area contributed by atoms with Crippen molar-refractivity contribution < 1.29 is 65.6 Å². The fourth-order valence-electron chi connectivity index (χ4n) is 8.98. The molecular weight excluding hydrogens is 1050 g/mol. The van der Waals surface area contributed by atoms with E-state index in [0.717, 1.165) is 11.1 Å². The summed E-state index contributed by atoms with van der Waals surface area (Å²) in [5, 5.41) is 23.8. The van der Waals surface area contributed by atoms with Gasteiger partial charge < -0.3 is 58.2 Å². The number of aliphatic hydroxyl groups excluding tert-OH is 2. The maximum absolute atomic E-state index is 13.4. The van der Waals surface area contributed by atoms with Crippen LogP contribution in [0.3, 0.4) is 0 Å². The number of alkyl halides is 4. The first-order valence-corrected chi connectivity index (χ1v) is 25.2. The second-order valence-electron chi connectivity index (χ2n) is 20.5. The number of ether oxygens (including phenoxy) is 4. The van der Waals surface area contributed by atoms with E-state index in [4.69, 9.17) is 31.1 Å². The number of aromatic nitrogens is 4. The molecule has 24 heteroatoms. The monoisotopic (exact) mass is 1100 g/mol. The van der Waals surface area contributed by atoms with Crippen molar-refractivity contribution in [3.05, 3.63) is 145 Å². The summed E-state index contributed by atoms with van der Waals surface area (Å²) in [5.41, 5.74) is 1.73. The van der Waals surface area contributed by atoms with Gasteiger partial charge in [0.2, 0.25) is 17.4 Å². The molecule has 7 heterocycles. The highest BCUT2D eigenvalue weighted by Crippen LogP contribution is 2.54. The predicted molar refractivity (Wildman–Crippen MR) is 278 cm³/mol. The zero-order valence-electron chi connectivity index (χ0n) is 43.1. The number of nitrogens with zero attached hydrogens (tertiary/aromatic N) is 4. The SMILES string of the molecule is CC1(C)OB(c2ccn(CCO)c(=O)c2)OC1(C)C.Cc1cc(Cl)nc(NC(=O)C2(c3ccc4c(c3)OC(F)(F)O4)CC2)c1.Cc1cc(NC(=O)C2(c3ccc4c(c3)OC(F)(F)O4)CC2)nc(-c2ccn(CCO)c(=O)c2)c1. The fourth-order valence-corrected chi connectivity index (χ4v) is 9.24. The Morgan fingerprint density at radius 3 is 1.51 bits per heavy atom. The minimum Gasteiger partial charge on any atom is -0.399 e. The standard InChI is InChI=1S/C24H21F2N3O5.C17H13ClF2N2O3.C13H20BNO4/c1-14-10-17(15-4-7-29(8-9-30)21(31)12-15)27-20(11-14)28-22(32)23(5-6-23)16-2-3-18-19(13-16)34-24(25,26)33-18;1-9-6-13(18)21-14(7-9)22-15(23)16(4-5-16)10-2-3-11-12(8-10)25-17(19,20)24-11;1-12(2)13(3,4)19-14(18-12)10-5-6-15(7-8-16)11(17)9-10/h2-4,7,10-13,30H,5-6,8-9H2,1H3,(H,27,28,32);2-3,6-8H,4-5H2,1H3,(H,21,22,23);5-6,9,16H,7-8H2,1-4H3. The summed E-state index contributed by atoms with van der Waals surface area (Å²) in [5.74, 6) is -0.181. The van der Waals surface area contributed by atoms with Crippen molar-refractivity contribution >= 4 is 47.6 Å². The molecule has 2 aliphatic carbocycles. The Balaban J connectivity index is 0.000000149. The van der Waals surface area contributed by atoms with Crippen molar-refractivity contribution in [2.45, 2.75) is 115 Å². The third-order valence-corrected chi connectivity index (χ3v) is 14.4. The quantitative estimate of drug-likeness (QED) is 0.0534. The molecule has 78 heavy (non-hydrogen) atoms. The maximum Gasteiger partial charge on any atom is 0.586 e. The molecule has 2 saturated carbocycles. The molecule has 5 aliphatic rings. The summed E-state index contributed by atoms with van der Waals surface area (Å²) in [7, 11) is -0.526. The van der Waals surface area contributed by atoms with Gasteiger partial charge in [-0.05, 0) is 156 Å². The number of fused-ring (bicyclic) bond motifs is 2. The minimum atomic E-state index is -3.72. The number of carbonyl (C=O) groups is 2. The number of rotatable bonds is 12. The number of halogens is 5. The number of hydrogen-bond donors (Lipinski definition) is 4. The summed E-state index contributed by atoms with van der Waals surface area (Å²) in [6.45, 7) is 11.9. The lowest BCUT2D eigenvalue weighted by atomic mass is 9.80. The number of amides is 2. The smallest absolute Gasteiger partial charge is 0.399 e. The zero-order chi connectivity index (χ0) is 56.2. The third-order valence-electron chi connectivity index (χ3n) is 14.2. The Bertz CT molecular complexity index is 3410. The van der Waals surface area contributed by atoms with Gasteiger partial charge in [0.1, 0.15) is 16.8 Å². The lowest BCUT2D eigenvalue weighted by molar-refractivity contribution is -0.287. The number of aliphatic hydroxyl groups is 2. The number of pyridine rings is 4. The van der Waals surface area contributed by atoms with Crippen LogP contribution in [0.25, 0.3) is 11.3 Å². The number of benzene rings is 2. The molecule has 6 aromatic rings. The minimum absolute atomic E-state index is 0.0444. The molecule has 3 fully saturated rings. The molecule has 2 amide bonds. The number of hydrogen-bond acceptors (Lipinski definition) is 14. The van der Waals surface area contributed by atoms with E-state index in [2.05, 4.69) is 39.5 Å². The highest BCUT2D eigenvalue weighted by molar-refractivity contribution is 6.62. The summed E-state index contributed by atoms with van der Waals surface area (Å²) in [6, 6.07) is 22.1. The van der Waals surface area contributed by atoms with Crippen molar-refractivity contribution in [2.24, 2.45) is 0 Å². The molecule has 0 spiro atoms. The van der Waals surface area contributed by atoms with Crippen molar-refractivity contribution in [1.82, 2.24) is 19.1 Å². The molecule has 4 aromatic heterocycles. The third kappa shape index (κ3) is 11.7. The van der Waals surface area contributed by atoms with E-state index in [1.54, 1.807) is 60.9 Å². The summed E-state index contributed by atoms with van der Waals surface area (Å²) < 4.78 is 85.5. The molecule has 0 radical (unpaired) electrons. The average molecular weight is 1100 g/mol. The van der Waals surface area contributed by atoms with Crippen LogP contribution >= 0.6 is 11.6 Å². The number of aryl methyl sites for hydroxylation is 2. The van der Waals surface area contributed by atoms with E-state index >= 15 is 0 Å². The molecular formula is C54H54BClF4N6O12. The average Bonchev–Trinajstić information content (AvgIpc) is 4.35. The highest BCUT2D eigenvalue weighted by atomic mass is 35.5. The van der Waals surface area contributed by atoms with Crippen LogP contribution in [0.5, 0.6) is 23.0 Å². The first-order valence-electron chi connectivity index (χ1n) is 24.8. The Hall–Kier alpha value is -7.31. The van der Waals surface area contributed by atoms with E-state index in [1.807, 2.05) is 41.5 Å². The van der Waals surface area contributed by atoms with Gasteiger partial charge >= 0.3 is 19.7 Å². The first-order chi connectivity index (χ1) is 36.7. The van der Waals surface area contributed by atoms with Crippen LogP contribution in [0, 0.1) is 13.8 Å². The van der Waals surface area contributed by atoms with Crippen molar-refractivity contribution in [2.75, 3.05) is 23.8 Å². The summed E-state index contributed by atoms with van der Waals surface area (Å²) in [6.07, 6.45) is -1.85. The number of anilines is 2. The van der Waals surface area contributed by atoms with E-state index in [0.29, 0.717) is 71.7 Å². The molecule has 2 aromatic carbocycles. The second-order valence-corrected chi connectivity index (χ2v) is 20.9. The van der Waals surface area contributed by atoms with E-state index in [1.165, 1.54) is 45.5 Å². The Morgan fingerprint density at radius 2 is 1.06 bits per heavy atom. The van der Waals surface area contributed by atoms with Crippen LogP contribution in [0.15, 0.2) is 107 Å². The van der Waals surface area contributed by atoms with Gasteiger partial charge in [0.05, 0.1) is 40.9 Å². The van der Waals surface area contributed by atoms with Crippen molar-refractivity contribution in [3.8, 4) is 34.3 Å². The Kier molecular flexibility index (Phi) is 14.8. The van der Waals surface area contributed by atoms with Crippen LogP contribution in [0.1, 0.15) is 75.6 Å². The zero-order valence-corrected chi connectivity index (χ0v) is 43.9. The van der Waals surface area contributed by atoms with Gasteiger partial charge in [-0.15, -0.1) is 17.6 Å². The van der Waals surface area contributed by atoms with Gasteiger partial charge in [-0.2, -0.15) is 0 Å². The van der Waals surface area contributed by atoms with Gasteiger partial charge in [0.15, 0.2) is 23.0 Å². The molecule has 4 N–H and O–H groups in total. The van der Waals surface area contributed by atoms with E-state index in [9.17, 15) is 36.7 Å². The topological polar surface area (TPSA) is 224 Å². The van der Waals surface area contributed by atoms with Gasteiger partial charge in [-0.1, -0.05) is 23.7 Å². The van der Waals surface area contributed by atoms with Gasteiger partial charge in [-0.25, -0.2) is 9.97 Å².